The number of benzene rings is 2. The Morgan fingerprint density at radius 1 is 1.19 bits per heavy atom. The van der Waals surface area contributed by atoms with E-state index in [4.69, 9.17) is 16.3 Å². The lowest BCUT2D eigenvalue weighted by Crippen LogP contribution is -2.23. The molecule has 0 atom stereocenters. The first-order chi connectivity index (χ1) is 10.1. The monoisotopic (exact) mass is 367 g/mol. The van der Waals surface area contributed by atoms with Crippen LogP contribution in [-0.2, 0) is 17.9 Å². The summed E-state index contributed by atoms with van der Waals surface area (Å²) in [4.78, 5) is 12.2. The summed E-state index contributed by atoms with van der Waals surface area (Å²) >= 11 is 9.44. The minimum Gasteiger partial charge on any atom is -0.380 e. The standard InChI is InChI=1S/C16H15BrClNO2/c1-21-10-12-6-3-2-5-11(12)9-19-16(20)13-7-4-8-14(17)15(13)18/h2-8H,9-10H2,1H3,(H,19,20). The van der Waals surface area contributed by atoms with Gasteiger partial charge in [-0.3, -0.25) is 4.79 Å². The molecule has 0 aliphatic rings. The fourth-order valence-electron chi connectivity index (χ4n) is 1.98. The summed E-state index contributed by atoms with van der Waals surface area (Å²) < 4.78 is 5.86. The van der Waals surface area contributed by atoms with Gasteiger partial charge >= 0.3 is 0 Å². The third-order valence-electron chi connectivity index (χ3n) is 3.05. The number of halogens is 2. The lowest BCUT2D eigenvalue weighted by atomic mass is 10.1. The van der Waals surface area contributed by atoms with Gasteiger partial charge in [0.2, 0.25) is 0 Å². The van der Waals surface area contributed by atoms with Gasteiger partial charge in [0, 0.05) is 18.1 Å². The molecule has 0 unspecified atom stereocenters. The van der Waals surface area contributed by atoms with E-state index in [1.165, 1.54) is 0 Å². The van der Waals surface area contributed by atoms with Gasteiger partial charge in [-0.1, -0.05) is 41.9 Å². The number of hydrogen-bond donors (Lipinski definition) is 1. The second-order valence-electron chi connectivity index (χ2n) is 4.49. The molecule has 0 saturated heterocycles. The normalized spacial score (nSPS) is 10.4. The minimum absolute atomic E-state index is 0.200. The molecule has 0 fully saturated rings. The predicted octanol–water partition coefficient (Wildman–Crippen LogP) is 4.18. The average molecular weight is 369 g/mol. The molecule has 0 aliphatic heterocycles. The Labute approximate surface area is 137 Å². The predicted molar refractivity (Wildman–Crippen MR) is 87.5 cm³/mol. The molecule has 2 aromatic carbocycles. The molecule has 0 radical (unpaired) electrons. The van der Waals surface area contributed by atoms with Gasteiger partial charge < -0.3 is 10.1 Å². The van der Waals surface area contributed by atoms with E-state index in [0.29, 0.717) is 28.2 Å². The van der Waals surface area contributed by atoms with Crippen LogP contribution in [0.4, 0.5) is 0 Å². The molecule has 5 heteroatoms. The number of carbonyl (C=O) groups excluding carboxylic acids is 1. The van der Waals surface area contributed by atoms with E-state index < -0.39 is 0 Å². The van der Waals surface area contributed by atoms with Crippen LogP contribution in [0.5, 0.6) is 0 Å². The number of methoxy groups -OCH3 is 1. The molecule has 3 nitrogen and oxygen atoms in total. The highest BCUT2D eigenvalue weighted by molar-refractivity contribution is 9.10. The molecule has 1 amide bonds. The van der Waals surface area contributed by atoms with Gasteiger partial charge in [-0.15, -0.1) is 0 Å². The second kappa shape index (κ2) is 7.59. The highest BCUT2D eigenvalue weighted by atomic mass is 79.9. The van der Waals surface area contributed by atoms with Crippen molar-refractivity contribution in [3.63, 3.8) is 0 Å². The average Bonchev–Trinajstić information content (AvgIpc) is 2.49. The van der Waals surface area contributed by atoms with E-state index in [1.54, 1.807) is 25.3 Å². The molecule has 2 aromatic rings. The summed E-state index contributed by atoms with van der Waals surface area (Å²) in [6.07, 6.45) is 0. The summed E-state index contributed by atoms with van der Waals surface area (Å²) in [5.74, 6) is -0.200. The van der Waals surface area contributed by atoms with E-state index in [0.717, 1.165) is 11.1 Å². The minimum atomic E-state index is -0.200. The Morgan fingerprint density at radius 2 is 1.90 bits per heavy atom. The largest absolute Gasteiger partial charge is 0.380 e. The number of hydrogen-bond acceptors (Lipinski definition) is 2. The SMILES string of the molecule is COCc1ccccc1CNC(=O)c1cccc(Br)c1Cl. The molecular weight excluding hydrogens is 354 g/mol. The summed E-state index contributed by atoms with van der Waals surface area (Å²) in [7, 11) is 1.65. The fourth-order valence-corrected chi connectivity index (χ4v) is 2.55. The molecule has 0 aliphatic carbocycles. The molecule has 0 spiro atoms. The van der Waals surface area contributed by atoms with E-state index >= 15 is 0 Å². The van der Waals surface area contributed by atoms with Crippen LogP contribution in [0.1, 0.15) is 21.5 Å². The van der Waals surface area contributed by atoms with Crippen molar-refractivity contribution in [2.75, 3.05) is 7.11 Å². The molecule has 0 aromatic heterocycles. The Balaban J connectivity index is 2.09. The molecule has 110 valence electrons. The third-order valence-corrected chi connectivity index (χ3v) is 4.35. The number of carbonyl (C=O) groups is 1. The zero-order valence-corrected chi connectivity index (χ0v) is 13.9. The maximum absolute atomic E-state index is 12.2. The van der Waals surface area contributed by atoms with Crippen LogP contribution in [0.2, 0.25) is 5.02 Å². The van der Waals surface area contributed by atoms with Crippen molar-refractivity contribution in [1.82, 2.24) is 5.32 Å². The van der Waals surface area contributed by atoms with Gasteiger partial charge in [-0.25, -0.2) is 0 Å². The van der Waals surface area contributed by atoms with Gasteiger partial charge in [0.1, 0.15) is 0 Å². The molecule has 1 N–H and O–H groups in total. The zero-order chi connectivity index (χ0) is 15.2. The maximum atomic E-state index is 12.2. The van der Waals surface area contributed by atoms with Crippen molar-refractivity contribution in [1.29, 1.82) is 0 Å². The Bertz CT molecular complexity index is 646. The van der Waals surface area contributed by atoms with Gasteiger partial charge in [-0.2, -0.15) is 0 Å². The second-order valence-corrected chi connectivity index (χ2v) is 5.72. The van der Waals surface area contributed by atoms with E-state index in [1.807, 2.05) is 24.3 Å². The topological polar surface area (TPSA) is 38.3 Å². The van der Waals surface area contributed by atoms with Crippen LogP contribution in [0.25, 0.3) is 0 Å². The molecule has 0 heterocycles. The van der Waals surface area contributed by atoms with Crippen molar-refractivity contribution in [2.24, 2.45) is 0 Å². The lowest BCUT2D eigenvalue weighted by Gasteiger charge is -2.11. The van der Waals surface area contributed by atoms with Crippen LogP contribution in [0.3, 0.4) is 0 Å². The van der Waals surface area contributed by atoms with Crippen molar-refractivity contribution in [2.45, 2.75) is 13.2 Å². The Kier molecular flexibility index (Phi) is 5.79. The first-order valence-electron chi connectivity index (χ1n) is 6.41. The molecule has 2 rings (SSSR count). The van der Waals surface area contributed by atoms with Crippen LogP contribution in [-0.4, -0.2) is 13.0 Å². The first kappa shape index (κ1) is 16.0. The van der Waals surface area contributed by atoms with E-state index in [9.17, 15) is 4.79 Å². The van der Waals surface area contributed by atoms with Gasteiger partial charge in [0.25, 0.3) is 5.91 Å². The van der Waals surface area contributed by atoms with Crippen molar-refractivity contribution in [3.8, 4) is 0 Å². The smallest absolute Gasteiger partial charge is 0.253 e. The lowest BCUT2D eigenvalue weighted by molar-refractivity contribution is 0.0950. The van der Waals surface area contributed by atoms with Crippen molar-refractivity contribution >= 4 is 33.4 Å². The Hall–Kier alpha value is -1.36. The maximum Gasteiger partial charge on any atom is 0.253 e. The highest BCUT2D eigenvalue weighted by Crippen LogP contribution is 2.25. The summed E-state index contributed by atoms with van der Waals surface area (Å²) in [6.45, 7) is 0.949. The number of nitrogens with one attached hydrogen (secondary N) is 1. The molecule has 0 bridgehead atoms. The Morgan fingerprint density at radius 3 is 2.62 bits per heavy atom. The fraction of sp³-hybridized carbons (Fsp3) is 0.188. The summed E-state index contributed by atoms with van der Waals surface area (Å²) in [5.41, 5.74) is 2.54. The first-order valence-corrected chi connectivity index (χ1v) is 7.58. The summed E-state index contributed by atoms with van der Waals surface area (Å²) in [6, 6.07) is 13.1. The number of rotatable bonds is 5. The third kappa shape index (κ3) is 4.06. The van der Waals surface area contributed by atoms with Crippen molar-refractivity contribution < 1.29 is 9.53 Å². The van der Waals surface area contributed by atoms with Gasteiger partial charge in [-0.05, 0) is 39.2 Å². The van der Waals surface area contributed by atoms with E-state index in [-0.39, 0.29) is 5.91 Å². The molecule has 21 heavy (non-hydrogen) atoms. The van der Waals surface area contributed by atoms with Crippen LogP contribution >= 0.6 is 27.5 Å². The quantitative estimate of drug-likeness (QED) is 0.860. The van der Waals surface area contributed by atoms with Crippen molar-refractivity contribution in [3.05, 3.63) is 68.7 Å². The molecule has 0 saturated carbocycles. The van der Waals surface area contributed by atoms with Crippen LogP contribution in [0, 0.1) is 0 Å². The van der Waals surface area contributed by atoms with Crippen LogP contribution in [0.15, 0.2) is 46.9 Å². The van der Waals surface area contributed by atoms with Gasteiger partial charge in [0.05, 0.1) is 17.2 Å². The number of amides is 1. The zero-order valence-electron chi connectivity index (χ0n) is 11.5. The van der Waals surface area contributed by atoms with Gasteiger partial charge in [0.15, 0.2) is 0 Å². The molecular formula is C16H15BrClNO2. The van der Waals surface area contributed by atoms with E-state index in [2.05, 4.69) is 21.2 Å². The summed E-state index contributed by atoms with van der Waals surface area (Å²) in [5, 5.41) is 3.30. The number of ether oxygens (including phenoxy) is 1. The highest BCUT2D eigenvalue weighted by Gasteiger charge is 2.12. The van der Waals surface area contributed by atoms with Crippen LogP contribution < -0.4 is 5.32 Å².